The molecular formula is C15H25F3N2O. The number of alkyl halides is 3. The third-order valence-electron chi connectivity index (χ3n) is 5.27. The van der Waals surface area contributed by atoms with Gasteiger partial charge in [0, 0.05) is 25.0 Å². The molecule has 1 amide bonds. The van der Waals surface area contributed by atoms with E-state index in [1.54, 1.807) is 4.90 Å². The fourth-order valence-electron chi connectivity index (χ4n) is 3.69. The quantitative estimate of drug-likeness (QED) is 0.810. The van der Waals surface area contributed by atoms with Crippen LogP contribution in [0.3, 0.4) is 0 Å². The SMILES string of the molecule is CC1CC(C)C(C(=O)N2CCC(C(F)(F)F)CC2)CC1N. The zero-order valence-corrected chi connectivity index (χ0v) is 12.7. The van der Waals surface area contributed by atoms with Gasteiger partial charge in [-0.3, -0.25) is 4.79 Å². The lowest BCUT2D eigenvalue weighted by atomic mass is 9.72. The number of amides is 1. The van der Waals surface area contributed by atoms with E-state index >= 15 is 0 Å². The summed E-state index contributed by atoms with van der Waals surface area (Å²) in [5, 5.41) is 0. The van der Waals surface area contributed by atoms with E-state index in [1.165, 1.54) is 0 Å². The molecule has 0 aromatic carbocycles. The van der Waals surface area contributed by atoms with E-state index in [9.17, 15) is 18.0 Å². The van der Waals surface area contributed by atoms with Crippen molar-refractivity contribution in [1.29, 1.82) is 0 Å². The summed E-state index contributed by atoms with van der Waals surface area (Å²) in [7, 11) is 0. The topological polar surface area (TPSA) is 46.3 Å². The zero-order valence-electron chi connectivity index (χ0n) is 12.7. The number of likely N-dealkylation sites (tertiary alicyclic amines) is 1. The van der Waals surface area contributed by atoms with Crippen molar-refractivity contribution < 1.29 is 18.0 Å². The van der Waals surface area contributed by atoms with Crippen molar-refractivity contribution in [3.63, 3.8) is 0 Å². The van der Waals surface area contributed by atoms with Gasteiger partial charge >= 0.3 is 6.18 Å². The molecule has 2 aliphatic rings. The van der Waals surface area contributed by atoms with Gasteiger partial charge < -0.3 is 10.6 Å². The Morgan fingerprint density at radius 3 is 2.19 bits per heavy atom. The van der Waals surface area contributed by atoms with E-state index < -0.39 is 12.1 Å². The summed E-state index contributed by atoms with van der Waals surface area (Å²) in [6.07, 6.45) is -2.51. The molecule has 2 fully saturated rings. The number of halogens is 3. The van der Waals surface area contributed by atoms with Crippen LogP contribution in [0.2, 0.25) is 0 Å². The van der Waals surface area contributed by atoms with E-state index in [0.29, 0.717) is 12.3 Å². The second-order valence-electron chi connectivity index (χ2n) is 6.84. The Bertz CT molecular complexity index is 378. The van der Waals surface area contributed by atoms with E-state index in [2.05, 4.69) is 6.92 Å². The van der Waals surface area contributed by atoms with Crippen molar-refractivity contribution >= 4 is 5.91 Å². The zero-order chi connectivity index (χ0) is 15.8. The predicted molar refractivity (Wildman–Crippen MR) is 74.4 cm³/mol. The predicted octanol–water partition coefficient (Wildman–Crippen LogP) is 2.80. The first-order valence-electron chi connectivity index (χ1n) is 7.81. The number of carbonyl (C=O) groups excluding carboxylic acids is 1. The maximum absolute atomic E-state index is 12.7. The fourth-order valence-corrected chi connectivity index (χ4v) is 3.69. The van der Waals surface area contributed by atoms with Crippen molar-refractivity contribution in [2.45, 2.75) is 51.7 Å². The molecule has 122 valence electrons. The molecule has 1 heterocycles. The van der Waals surface area contributed by atoms with Gasteiger partial charge in [0.1, 0.15) is 0 Å². The standard InChI is InChI=1S/C15H25F3N2O/c1-9-7-10(2)13(19)8-12(9)14(21)20-5-3-11(4-6-20)15(16,17)18/h9-13H,3-8,19H2,1-2H3. The third kappa shape index (κ3) is 3.71. The van der Waals surface area contributed by atoms with Crippen LogP contribution >= 0.6 is 0 Å². The summed E-state index contributed by atoms with van der Waals surface area (Å²) in [6, 6.07) is 0.0165. The normalized spacial score (nSPS) is 35.8. The molecule has 1 aliphatic carbocycles. The van der Waals surface area contributed by atoms with Crippen LogP contribution in [0.25, 0.3) is 0 Å². The first-order chi connectivity index (χ1) is 9.70. The van der Waals surface area contributed by atoms with Gasteiger partial charge in [-0.15, -0.1) is 0 Å². The number of nitrogens with two attached hydrogens (primary N) is 1. The second kappa shape index (κ2) is 6.15. The molecule has 2 N–H and O–H groups in total. The summed E-state index contributed by atoms with van der Waals surface area (Å²) < 4.78 is 38.0. The minimum atomic E-state index is -4.13. The van der Waals surface area contributed by atoms with Crippen molar-refractivity contribution in [2.24, 2.45) is 29.4 Å². The van der Waals surface area contributed by atoms with Gasteiger partial charge in [-0.1, -0.05) is 13.8 Å². The van der Waals surface area contributed by atoms with Crippen LogP contribution in [0.5, 0.6) is 0 Å². The molecule has 21 heavy (non-hydrogen) atoms. The first kappa shape index (κ1) is 16.6. The third-order valence-corrected chi connectivity index (χ3v) is 5.27. The molecule has 3 nitrogen and oxygen atoms in total. The van der Waals surface area contributed by atoms with Crippen molar-refractivity contribution in [3.05, 3.63) is 0 Å². The monoisotopic (exact) mass is 306 g/mol. The number of rotatable bonds is 1. The molecule has 0 radical (unpaired) electrons. The van der Waals surface area contributed by atoms with Gasteiger partial charge in [-0.25, -0.2) is 0 Å². The van der Waals surface area contributed by atoms with Gasteiger partial charge in [-0.05, 0) is 37.5 Å². The molecule has 4 atom stereocenters. The smallest absolute Gasteiger partial charge is 0.342 e. The number of piperidine rings is 1. The van der Waals surface area contributed by atoms with Crippen molar-refractivity contribution in [1.82, 2.24) is 4.90 Å². The molecular weight excluding hydrogens is 281 g/mol. The maximum atomic E-state index is 12.7. The molecule has 0 aromatic heterocycles. The number of hydrogen-bond acceptors (Lipinski definition) is 2. The van der Waals surface area contributed by atoms with Crippen LogP contribution in [0.4, 0.5) is 13.2 Å². The van der Waals surface area contributed by atoms with E-state index in [-0.39, 0.29) is 49.7 Å². The highest BCUT2D eigenvalue weighted by molar-refractivity contribution is 5.79. The van der Waals surface area contributed by atoms with Crippen molar-refractivity contribution in [2.75, 3.05) is 13.1 Å². The number of carbonyl (C=O) groups is 1. The Hall–Kier alpha value is -0.780. The van der Waals surface area contributed by atoms with Crippen LogP contribution in [-0.2, 0) is 4.79 Å². The average molecular weight is 306 g/mol. The molecule has 0 spiro atoms. The highest BCUT2D eigenvalue weighted by Gasteiger charge is 2.43. The Morgan fingerprint density at radius 1 is 1.10 bits per heavy atom. The highest BCUT2D eigenvalue weighted by atomic mass is 19.4. The Balaban J connectivity index is 1.93. The van der Waals surface area contributed by atoms with E-state index in [4.69, 9.17) is 5.73 Å². The summed E-state index contributed by atoms with van der Waals surface area (Å²) in [5.41, 5.74) is 6.06. The van der Waals surface area contributed by atoms with Gasteiger partial charge in [0.2, 0.25) is 5.91 Å². The fraction of sp³-hybridized carbons (Fsp3) is 0.933. The Labute approximate surface area is 124 Å². The lowest BCUT2D eigenvalue weighted by molar-refractivity contribution is -0.187. The Morgan fingerprint density at radius 2 is 1.67 bits per heavy atom. The summed E-state index contributed by atoms with van der Waals surface area (Å²) in [5.74, 6) is -0.718. The molecule has 1 aliphatic heterocycles. The largest absolute Gasteiger partial charge is 0.391 e. The summed E-state index contributed by atoms with van der Waals surface area (Å²) in [4.78, 5) is 14.2. The molecule has 0 aromatic rings. The second-order valence-corrected chi connectivity index (χ2v) is 6.84. The van der Waals surface area contributed by atoms with Gasteiger partial charge in [0.05, 0.1) is 5.92 Å². The molecule has 1 saturated heterocycles. The van der Waals surface area contributed by atoms with Crippen LogP contribution in [0.15, 0.2) is 0 Å². The highest BCUT2D eigenvalue weighted by Crippen LogP contribution is 2.37. The average Bonchev–Trinajstić information content (AvgIpc) is 2.41. The van der Waals surface area contributed by atoms with Gasteiger partial charge in [-0.2, -0.15) is 13.2 Å². The lowest BCUT2D eigenvalue weighted by Gasteiger charge is -2.40. The van der Waals surface area contributed by atoms with Crippen LogP contribution in [0, 0.1) is 23.7 Å². The summed E-state index contributed by atoms with van der Waals surface area (Å²) >= 11 is 0. The van der Waals surface area contributed by atoms with Crippen LogP contribution in [-0.4, -0.2) is 36.1 Å². The van der Waals surface area contributed by atoms with Crippen LogP contribution in [0.1, 0.15) is 39.5 Å². The maximum Gasteiger partial charge on any atom is 0.391 e. The van der Waals surface area contributed by atoms with Gasteiger partial charge in [0.25, 0.3) is 0 Å². The lowest BCUT2D eigenvalue weighted by Crippen LogP contribution is -2.49. The van der Waals surface area contributed by atoms with Gasteiger partial charge in [0.15, 0.2) is 0 Å². The first-order valence-corrected chi connectivity index (χ1v) is 7.81. The molecule has 0 bridgehead atoms. The molecule has 6 heteroatoms. The molecule has 1 saturated carbocycles. The van der Waals surface area contributed by atoms with E-state index in [0.717, 1.165) is 6.42 Å². The molecule has 4 unspecified atom stereocenters. The summed E-state index contributed by atoms with van der Waals surface area (Å²) in [6.45, 7) is 4.58. The van der Waals surface area contributed by atoms with Crippen molar-refractivity contribution in [3.8, 4) is 0 Å². The number of nitrogens with zero attached hydrogens (tertiary/aromatic N) is 1. The number of hydrogen-bond donors (Lipinski definition) is 1. The Kier molecular flexibility index (Phi) is 4.85. The minimum absolute atomic E-state index is 0.00507. The molecule has 2 rings (SSSR count). The van der Waals surface area contributed by atoms with E-state index in [1.807, 2.05) is 6.92 Å². The van der Waals surface area contributed by atoms with Crippen LogP contribution < -0.4 is 5.73 Å². The minimum Gasteiger partial charge on any atom is -0.342 e.